The van der Waals surface area contributed by atoms with Crippen molar-refractivity contribution in [3.05, 3.63) is 31.1 Å². The molecule has 0 saturated heterocycles. The summed E-state index contributed by atoms with van der Waals surface area (Å²) in [4.78, 5) is 15.8. The van der Waals surface area contributed by atoms with Gasteiger partial charge < -0.3 is 10.1 Å². The number of ether oxygens (including phenoxy) is 1. The third-order valence-electron chi connectivity index (χ3n) is 1.69. The van der Waals surface area contributed by atoms with Crippen molar-refractivity contribution in [1.29, 1.82) is 0 Å². The van der Waals surface area contributed by atoms with Gasteiger partial charge in [-0.3, -0.25) is 4.98 Å². The first-order chi connectivity index (χ1) is 7.40. The quantitative estimate of drug-likeness (QED) is 0.802. The zero-order valence-electron chi connectivity index (χ0n) is 8.08. The summed E-state index contributed by atoms with van der Waals surface area (Å²) in [6, 6.07) is 0. The summed E-state index contributed by atoms with van der Waals surface area (Å²) in [5, 5.41) is 3.00. The summed E-state index contributed by atoms with van der Waals surface area (Å²) in [7, 11) is 1.55. The Kier molecular flexibility index (Phi) is 2.68. The molecular weight excluding hydrogens is 194 g/mol. The minimum atomic E-state index is 0.468. The maximum atomic E-state index is 5.06. The molecule has 0 atom stereocenters. The predicted molar refractivity (Wildman–Crippen MR) is 53.9 cm³/mol. The van der Waals surface area contributed by atoms with Gasteiger partial charge in [-0.05, 0) is 0 Å². The number of hydrogen-bond acceptors (Lipinski definition) is 6. The first-order valence-corrected chi connectivity index (χ1v) is 4.27. The molecule has 6 nitrogen and oxygen atoms in total. The summed E-state index contributed by atoms with van der Waals surface area (Å²) < 4.78 is 5.06. The van der Waals surface area contributed by atoms with Gasteiger partial charge in [0.2, 0.25) is 5.88 Å². The Balaban J connectivity index is 2.24. The summed E-state index contributed by atoms with van der Waals surface area (Å²) in [6.07, 6.45) is 7.83. The van der Waals surface area contributed by atoms with Crippen LogP contribution >= 0.6 is 0 Å². The summed E-state index contributed by atoms with van der Waals surface area (Å²) in [6.45, 7) is 0. The molecule has 0 aliphatic rings. The molecule has 0 unspecified atom stereocenters. The molecule has 2 aromatic rings. The molecule has 6 heteroatoms. The van der Waals surface area contributed by atoms with Crippen molar-refractivity contribution in [2.24, 2.45) is 0 Å². The van der Waals surface area contributed by atoms with Crippen LogP contribution in [0.15, 0.2) is 31.1 Å². The lowest BCUT2D eigenvalue weighted by Gasteiger charge is -2.07. The van der Waals surface area contributed by atoms with Gasteiger partial charge in [-0.15, -0.1) is 0 Å². The second kappa shape index (κ2) is 4.32. The Morgan fingerprint density at radius 1 is 1.13 bits per heavy atom. The van der Waals surface area contributed by atoms with E-state index in [0.717, 1.165) is 0 Å². The number of hydrogen-bond donors (Lipinski definition) is 1. The third kappa shape index (κ3) is 2.16. The van der Waals surface area contributed by atoms with Crippen molar-refractivity contribution >= 4 is 11.5 Å². The largest absolute Gasteiger partial charge is 0.479 e. The molecule has 0 aromatic carbocycles. The normalized spacial score (nSPS) is 9.67. The molecular formula is C9H9N5O. The Morgan fingerprint density at radius 3 is 2.80 bits per heavy atom. The van der Waals surface area contributed by atoms with Gasteiger partial charge in [0.25, 0.3) is 0 Å². The maximum absolute atomic E-state index is 5.06. The lowest BCUT2D eigenvalue weighted by Crippen LogP contribution is -1.99. The van der Waals surface area contributed by atoms with E-state index < -0.39 is 0 Å². The van der Waals surface area contributed by atoms with Crippen LogP contribution < -0.4 is 10.1 Å². The number of nitrogens with zero attached hydrogens (tertiary/aromatic N) is 4. The van der Waals surface area contributed by atoms with Crippen LogP contribution in [0.2, 0.25) is 0 Å². The SMILES string of the molecule is COc1ncncc1Nc1cnccn1. The molecule has 0 aliphatic heterocycles. The third-order valence-corrected chi connectivity index (χ3v) is 1.69. The smallest absolute Gasteiger partial charge is 0.240 e. The highest BCUT2D eigenvalue weighted by Crippen LogP contribution is 2.21. The molecule has 0 amide bonds. The number of nitrogens with one attached hydrogen (secondary N) is 1. The van der Waals surface area contributed by atoms with Crippen LogP contribution in [0.4, 0.5) is 11.5 Å². The van der Waals surface area contributed by atoms with Crippen LogP contribution in [0.5, 0.6) is 5.88 Å². The molecule has 76 valence electrons. The van der Waals surface area contributed by atoms with Gasteiger partial charge in [-0.25, -0.2) is 9.97 Å². The number of aromatic nitrogens is 4. The average molecular weight is 203 g/mol. The lowest BCUT2D eigenvalue weighted by atomic mass is 10.5. The fourth-order valence-electron chi connectivity index (χ4n) is 1.07. The molecule has 0 spiro atoms. The van der Waals surface area contributed by atoms with Crippen LogP contribution in [0, 0.1) is 0 Å². The Morgan fingerprint density at radius 2 is 2.07 bits per heavy atom. The van der Waals surface area contributed by atoms with E-state index in [-0.39, 0.29) is 0 Å². The van der Waals surface area contributed by atoms with Gasteiger partial charge in [0, 0.05) is 12.4 Å². The lowest BCUT2D eigenvalue weighted by molar-refractivity contribution is 0.399. The van der Waals surface area contributed by atoms with Gasteiger partial charge in [0.1, 0.15) is 17.8 Å². The first kappa shape index (κ1) is 9.32. The predicted octanol–water partition coefficient (Wildman–Crippen LogP) is 1.02. The summed E-state index contributed by atoms with van der Waals surface area (Å²) >= 11 is 0. The maximum Gasteiger partial charge on any atom is 0.240 e. The zero-order valence-corrected chi connectivity index (χ0v) is 8.08. The fourth-order valence-corrected chi connectivity index (χ4v) is 1.07. The van der Waals surface area contributed by atoms with Gasteiger partial charge in [0.05, 0.1) is 19.5 Å². The molecule has 1 N–H and O–H groups in total. The minimum absolute atomic E-state index is 0.468. The van der Waals surface area contributed by atoms with Crippen molar-refractivity contribution in [2.75, 3.05) is 12.4 Å². The van der Waals surface area contributed by atoms with E-state index in [2.05, 4.69) is 25.3 Å². The van der Waals surface area contributed by atoms with E-state index in [4.69, 9.17) is 4.74 Å². The highest BCUT2D eigenvalue weighted by atomic mass is 16.5. The molecule has 0 fully saturated rings. The van der Waals surface area contributed by atoms with Gasteiger partial charge in [0.15, 0.2) is 0 Å². The molecule has 0 bridgehead atoms. The molecule has 0 saturated carbocycles. The van der Waals surface area contributed by atoms with Crippen molar-refractivity contribution in [1.82, 2.24) is 19.9 Å². The summed E-state index contributed by atoms with van der Waals surface area (Å²) in [5.41, 5.74) is 0.653. The molecule has 15 heavy (non-hydrogen) atoms. The Labute approximate surface area is 86.4 Å². The molecule has 2 rings (SSSR count). The van der Waals surface area contributed by atoms with Crippen LogP contribution in [0.1, 0.15) is 0 Å². The van der Waals surface area contributed by atoms with Gasteiger partial charge in [-0.2, -0.15) is 4.98 Å². The van der Waals surface area contributed by atoms with Crippen LogP contribution in [-0.4, -0.2) is 27.0 Å². The second-order valence-corrected chi connectivity index (χ2v) is 2.66. The highest BCUT2D eigenvalue weighted by Gasteiger charge is 2.04. The van der Waals surface area contributed by atoms with Gasteiger partial charge >= 0.3 is 0 Å². The zero-order chi connectivity index (χ0) is 10.5. The first-order valence-electron chi connectivity index (χ1n) is 4.27. The van der Waals surface area contributed by atoms with E-state index in [1.807, 2.05) is 0 Å². The monoisotopic (exact) mass is 203 g/mol. The average Bonchev–Trinajstić information content (AvgIpc) is 2.31. The number of methoxy groups -OCH3 is 1. The van der Waals surface area contributed by atoms with E-state index in [9.17, 15) is 0 Å². The standard InChI is InChI=1S/C9H9N5O/c1-15-9-7(4-11-6-13-9)14-8-5-10-2-3-12-8/h2-6H,1H3,(H,12,14). The Bertz CT molecular complexity index is 434. The molecule has 2 aromatic heterocycles. The highest BCUT2D eigenvalue weighted by molar-refractivity contribution is 5.59. The van der Waals surface area contributed by atoms with Crippen molar-refractivity contribution in [2.45, 2.75) is 0 Å². The van der Waals surface area contributed by atoms with Crippen molar-refractivity contribution in [3.63, 3.8) is 0 Å². The summed E-state index contributed by atoms with van der Waals surface area (Å²) in [5.74, 6) is 1.08. The molecule has 2 heterocycles. The number of rotatable bonds is 3. The molecule has 0 aliphatic carbocycles. The topological polar surface area (TPSA) is 72.8 Å². The van der Waals surface area contributed by atoms with Crippen molar-refractivity contribution < 1.29 is 4.74 Å². The van der Waals surface area contributed by atoms with Crippen LogP contribution in [0.25, 0.3) is 0 Å². The van der Waals surface area contributed by atoms with Gasteiger partial charge in [-0.1, -0.05) is 0 Å². The minimum Gasteiger partial charge on any atom is -0.479 e. The van der Waals surface area contributed by atoms with Crippen LogP contribution in [-0.2, 0) is 0 Å². The van der Waals surface area contributed by atoms with E-state index in [0.29, 0.717) is 17.4 Å². The number of anilines is 2. The fraction of sp³-hybridized carbons (Fsp3) is 0.111. The van der Waals surface area contributed by atoms with E-state index in [1.165, 1.54) is 6.33 Å². The van der Waals surface area contributed by atoms with Crippen LogP contribution in [0.3, 0.4) is 0 Å². The molecule has 0 radical (unpaired) electrons. The van der Waals surface area contributed by atoms with E-state index in [1.54, 1.807) is 31.9 Å². The van der Waals surface area contributed by atoms with Crippen molar-refractivity contribution in [3.8, 4) is 5.88 Å². The Hall–Kier alpha value is -2.24. The second-order valence-electron chi connectivity index (χ2n) is 2.66. The van der Waals surface area contributed by atoms with E-state index >= 15 is 0 Å².